The number of nitrogens with two attached hydrogens (primary N) is 1. The van der Waals surface area contributed by atoms with Gasteiger partial charge in [0.15, 0.2) is 0 Å². The monoisotopic (exact) mass is 259 g/mol. The van der Waals surface area contributed by atoms with Crippen LogP contribution in [-0.2, 0) is 9.59 Å². The fourth-order valence-electron chi connectivity index (χ4n) is 1.38. The fraction of sp³-hybridized carbons (Fsp3) is 0.727. The number of carbonyl (C=O) groups is 3. The number of aliphatic carboxylic acids is 1. The second-order valence-electron chi connectivity index (χ2n) is 4.69. The van der Waals surface area contributed by atoms with E-state index >= 15 is 0 Å². The minimum atomic E-state index is -0.982. The predicted octanol–water partition coefficient (Wildman–Crippen LogP) is -0.142. The van der Waals surface area contributed by atoms with E-state index in [0.717, 1.165) is 0 Å². The highest BCUT2D eigenvalue weighted by Crippen LogP contribution is 2.03. The Bertz CT molecular complexity index is 330. The van der Waals surface area contributed by atoms with Crippen molar-refractivity contribution in [1.82, 2.24) is 10.2 Å². The maximum Gasteiger partial charge on any atom is 0.317 e. The summed E-state index contributed by atoms with van der Waals surface area (Å²) < 4.78 is 0. The second-order valence-corrected chi connectivity index (χ2v) is 4.69. The summed E-state index contributed by atoms with van der Waals surface area (Å²) in [5, 5.41) is 11.2. The molecule has 0 aliphatic carbocycles. The molecular formula is C11H21N3O4. The van der Waals surface area contributed by atoms with Crippen LogP contribution in [0.3, 0.4) is 0 Å². The summed E-state index contributed by atoms with van der Waals surface area (Å²) in [5.41, 5.74) is 5.17. The molecule has 0 saturated carbocycles. The molecule has 7 heteroatoms. The Balaban J connectivity index is 4.47. The molecule has 18 heavy (non-hydrogen) atoms. The molecular weight excluding hydrogens is 238 g/mol. The van der Waals surface area contributed by atoms with E-state index in [1.54, 1.807) is 13.8 Å². The maximum atomic E-state index is 11.7. The molecule has 104 valence electrons. The Morgan fingerprint density at radius 1 is 1.28 bits per heavy atom. The minimum absolute atomic E-state index is 0.0603. The summed E-state index contributed by atoms with van der Waals surface area (Å²) in [7, 11) is 1.47. The summed E-state index contributed by atoms with van der Waals surface area (Å²) in [5.74, 6) is -2.40. The van der Waals surface area contributed by atoms with Crippen LogP contribution < -0.4 is 11.1 Å². The van der Waals surface area contributed by atoms with E-state index < -0.39 is 29.9 Å². The molecule has 2 unspecified atom stereocenters. The molecule has 0 spiro atoms. The number of nitrogens with one attached hydrogen (secondary N) is 1. The number of carbonyl (C=O) groups excluding carboxylic acids is 2. The number of rotatable bonds is 6. The topological polar surface area (TPSA) is 113 Å². The fourth-order valence-corrected chi connectivity index (χ4v) is 1.38. The Labute approximate surface area is 106 Å². The van der Waals surface area contributed by atoms with Gasteiger partial charge in [0, 0.05) is 13.6 Å². The van der Waals surface area contributed by atoms with Gasteiger partial charge in [0.1, 0.15) is 6.04 Å². The van der Waals surface area contributed by atoms with Gasteiger partial charge in [0.25, 0.3) is 0 Å². The number of carboxylic acid groups (broad SMARTS) is 1. The maximum absolute atomic E-state index is 11.7. The van der Waals surface area contributed by atoms with Crippen LogP contribution in [0, 0.1) is 11.8 Å². The first-order valence-corrected chi connectivity index (χ1v) is 5.70. The molecule has 0 aromatic heterocycles. The van der Waals surface area contributed by atoms with Crippen molar-refractivity contribution < 1.29 is 19.5 Å². The van der Waals surface area contributed by atoms with Crippen LogP contribution in [0.2, 0.25) is 0 Å². The number of nitrogens with zero attached hydrogens (tertiary/aromatic N) is 1. The van der Waals surface area contributed by atoms with Gasteiger partial charge in [-0.1, -0.05) is 20.8 Å². The molecule has 0 radical (unpaired) electrons. The number of primary amides is 1. The van der Waals surface area contributed by atoms with E-state index in [4.69, 9.17) is 10.8 Å². The van der Waals surface area contributed by atoms with E-state index in [1.807, 2.05) is 0 Å². The van der Waals surface area contributed by atoms with Crippen molar-refractivity contribution in [3.63, 3.8) is 0 Å². The van der Waals surface area contributed by atoms with Crippen LogP contribution >= 0.6 is 0 Å². The predicted molar refractivity (Wildman–Crippen MR) is 65.8 cm³/mol. The molecule has 0 heterocycles. The van der Waals surface area contributed by atoms with E-state index in [-0.39, 0.29) is 12.5 Å². The smallest absolute Gasteiger partial charge is 0.317 e. The molecule has 0 aromatic carbocycles. The van der Waals surface area contributed by atoms with Crippen molar-refractivity contribution in [2.75, 3.05) is 13.6 Å². The van der Waals surface area contributed by atoms with Gasteiger partial charge in [-0.15, -0.1) is 0 Å². The quantitative estimate of drug-likeness (QED) is 0.616. The molecule has 0 aliphatic rings. The van der Waals surface area contributed by atoms with E-state index in [2.05, 4.69) is 5.32 Å². The van der Waals surface area contributed by atoms with Gasteiger partial charge in [-0.25, -0.2) is 4.79 Å². The normalized spacial score (nSPS) is 13.8. The van der Waals surface area contributed by atoms with Crippen molar-refractivity contribution in [3.8, 4) is 0 Å². The molecule has 3 amide bonds. The average Bonchev–Trinajstić information content (AvgIpc) is 2.23. The zero-order chi connectivity index (χ0) is 14.5. The second kappa shape index (κ2) is 6.83. The van der Waals surface area contributed by atoms with Crippen molar-refractivity contribution in [2.45, 2.75) is 26.8 Å². The summed E-state index contributed by atoms with van der Waals surface area (Å²) >= 11 is 0. The zero-order valence-corrected chi connectivity index (χ0v) is 11.1. The SMILES string of the molecule is CC(CN(C)C(=O)NC(C(N)=O)C(C)C)C(=O)O. The van der Waals surface area contributed by atoms with Gasteiger partial charge >= 0.3 is 12.0 Å². The van der Waals surface area contributed by atoms with Crippen molar-refractivity contribution in [1.29, 1.82) is 0 Å². The Kier molecular flexibility index (Phi) is 6.15. The lowest BCUT2D eigenvalue weighted by atomic mass is 10.0. The van der Waals surface area contributed by atoms with Gasteiger partial charge in [0.05, 0.1) is 5.92 Å². The van der Waals surface area contributed by atoms with E-state index in [1.165, 1.54) is 18.9 Å². The molecule has 0 aromatic rings. The Morgan fingerprint density at radius 2 is 1.78 bits per heavy atom. The van der Waals surface area contributed by atoms with Crippen LogP contribution in [0.25, 0.3) is 0 Å². The molecule has 0 fully saturated rings. The van der Waals surface area contributed by atoms with Crippen LogP contribution in [0.5, 0.6) is 0 Å². The number of urea groups is 1. The highest BCUT2D eigenvalue weighted by Gasteiger charge is 2.24. The van der Waals surface area contributed by atoms with Gasteiger partial charge in [-0.2, -0.15) is 0 Å². The van der Waals surface area contributed by atoms with E-state index in [0.29, 0.717) is 0 Å². The third-order valence-corrected chi connectivity index (χ3v) is 2.57. The first-order chi connectivity index (χ1) is 8.16. The molecule has 4 N–H and O–H groups in total. The summed E-state index contributed by atoms with van der Waals surface area (Å²) in [6, 6.07) is -1.28. The third kappa shape index (κ3) is 5.03. The van der Waals surface area contributed by atoms with Gasteiger partial charge in [-0.05, 0) is 5.92 Å². The third-order valence-electron chi connectivity index (χ3n) is 2.57. The number of carboxylic acids is 1. The van der Waals surface area contributed by atoms with Crippen molar-refractivity contribution in [3.05, 3.63) is 0 Å². The van der Waals surface area contributed by atoms with Crippen molar-refractivity contribution in [2.24, 2.45) is 17.6 Å². The van der Waals surface area contributed by atoms with Crippen LogP contribution in [0.15, 0.2) is 0 Å². The standard InChI is InChI=1S/C11H21N3O4/c1-6(2)8(9(12)15)13-11(18)14(4)5-7(3)10(16)17/h6-8H,5H2,1-4H3,(H2,12,15)(H,13,18)(H,16,17). The molecule has 0 rings (SSSR count). The largest absolute Gasteiger partial charge is 0.481 e. The number of hydrogen-bond acceptors (Lipinski definition) is 3. The van der Waals surface area contributed by atoms with Gasteiger partial charge < -0.3 is 21.1 Å². The van der Waals surface area contributed by atoms with Crippen LogP contribution in [0.1, 0.15) is 20.8 Å². The van der Waals surface area contributed by atoms with Gasteiger partial charge in [-0.3, -0.25) is 9.59 Å². The van der Waals surface area contributed by atoms with Crippen LogP contribution in [0.4, 0.5) is 4.79 Å². The first-order valence-electron chi connectivity index (χ1n) is 5.70. The lowest BCUT2D eigenvalue weighted by Crippen LogP contribution is -2.52. The highest BCUT2D eigenvalue weighted by atomic mass is 16.4. The first kappa shape index (κ1) is 16.2. The average molecular weight is 259 g/mol. The number of amides is 3. The lowest BCUT2D eigenvalue weighted by molar-refractivity contribution is -0.141. The number of hydrogen-bond donors (Lipinski definition) is 3. The summed E-state index contributed by atoms with van der Waals surface area (Å²) in [6.07, 6.45) is 0. The summed E-state index contributed by atoms with van der Waals surface area (Å²) in [6.45, 7) is 5.08. The highest BCUT2D eigenvalue weighted by molar-refractivity contribution is 5.86. The Hall–Kier alpha value is -1.79. The zero-order valence-electron chi connectivity index (χ0n) is 11.1. The van der Waals surface area contributed by atoms with Crippen LogP contribution in [-0.4, -0.2) is 47.5 Å². The Morgan fingerprint density at radius 3 is 2.11 bits per heavy atom. The molecule has 2 atom stereocenters. The minimum Gasteiger partial charge on any atom is -0.481 e. The lowest BCUT2D eigenvalue weighted by Gasteiger charge is -2.24. The molecule has 7 nitrogen and oxygen atoms in total. The molecule has 0 saturated heterocycles. The summed E-state index contributed by atoms with van der Waals surface area (Å²) in [4.78, 5) is 34.7. The van der Waals surface area contributed by atoms with E-state index in [9.17, 15) is 14.4 Å². The molecule has 0 aliphatic heterocycles. The van der Waals surface area contributed by atoms with Gasteiger partial charge in [0.2, 0.25) is 5.91 Å². The van der Waals surface area contributed by atoms with Crippen molar-refractivity contribution >= 4 is 17.9 Å². The molecule has 0 bridgehead atoms.